The molecule has 1 aromatic heterocycles. The van der Waals surface area contributed by atoms with E-state index in [0.29, 0.717) is 10.0 Å². The zero-order valence-electron chi connectivity index (χ0n) is 8.39. The third kappa shape index (κ3) is 2.72. The highest BCUT2D eigenvalue weighted by atomic mass is 79.9. The van der Waals surface area contributed by atoms with Crippen LogP contribution in [0.2, 0.25) is 0 Å². The second-order valence-electron chi connectivity index (χ2n) is 3.05. The fourth-order valence-electron chi connectivity index (χ4n) is 1.14. The lowest BCUT2D eigenvalue weighted by molar-refractivity contribution is -0.385. The van der Waals surface area contributed by atoms with Gasteiger partial charge in [-0.3, -0.25) is 10.1 Å². The zero-order valence-corrected chi connectivity index (χ0v) is 9.98. The van der Waals surface area contributed by atoms with Crippen molar-refractivity contribution in [2.24, 2.45) is 5.10 Å². The molecule has 0 bridgehead atoms. The van der Waals surface area contributed by atoms with Crippen molar-refractivity contribution < 1.29 is 4.92 Å². The summed E-state index contributed by atoms with van der Waals surface area (Å²) in [5, 5.41) is 21.9. The average Bonchev–Trinajstić information content (AvgIpc) is 2.80. The summed E-state index contributed by atoms with van der Waals surface area (Å²) < 4.78 is 1.83. The Hall–Kier alpha value is -2.09. The number of nitrogens with zero attached hydrogens (tertiary/aromatic N) is 5. The molecule has 0 aliphatic carbocycles. The number of hydrogen-bond donors (Lipinski definition) is 0. The Labute approximate surface area is 104 Å². The van der Waals surface area contributed by atoms with Gasteiger partial charge in [-0.05, 0) is 22.0 Å². The first kappa shape index (κ1) is 11.4. The summed E-state index contributed by atoms with van der Waals surface area (Å²) in [6.07, 6.45) is 4.33. The van der Waals surface area contributed by atoms with Crippen LogP contribution in [0.25, 0.3) is 0 Å². The molecule has 2 rings (SSSR count). The number of nitro benzene ring substituents is 1. The van der Waals surface area contributed by atoms with Crippen LogP contribution in [0.5, 0.6) is 0 Å². The molecule has 0 radical (unpaired) electrons. The maximum absolute atomic E-state index is 10.7. The van der Waals surface area contributed by atoms with Crippen LogP contribution in [0, 0.1) is 10.1 Å². The fraction of sp³-hybridized carbons (Fsp3) is 0. The maximum atomic E-state index is 10.7. The Morgan fingerprint density at radius 3 is 2.76 bits per heavy atom. The van der Waals surface area contributed by atoms with Crippen LogP contribution in [0.15, 0.2) is 40.4 Å². The molecule has 0 spiro atoms. The van der Waals surface area contributed by atoms with E-state index in [4.69, 9.17) is 0 Å². The third-order valence-corrected chi connectivity index (χ3v) is 2.58. The molecule has 0 fully saturated rings. The quantitative estimate of drug-likeness (QED) is 0.491. The summed E-state index contributed by atoms with van der Waals surface area (Å²) in [4.78, 5) is 10.3. The van der Waals surface area contributed by atoms with E-state index in [-0.39, 0.29) is 5.69 Å². The molecular formula is C9H6BrN5O2. The van der Waals surface area contributed by atoms with Crippen molar-refractivity contribution in [3.05, 3.63) is 51.0 Å². The van der Waals surface area contributed by atoms with Gasteiger partial charge < -0.3 is 0 Å². The molecule has 0 atom stereocenters. The maximum Gasteiger partial charge on any atom is 0.284 e. The minimum Gasteiger partial charge on any atom is -0.258 e. The molecule has 1 aromatic carbocycles. The Kier molecular flexibility index (Phi) is 3.24. The summed E-state index contributed by atoms with van der Waals surface area (Å²) in [5.41, 5.74) is 0.617. The van der Waals surface area contributed by atoms with Crippen molar-refractivity contribution >= 4 is 27.8 Å². The molecule has 0 saturated carbocycles. The van der Waals surface area contributed by atoms with E-state index in [1.54, 1.807) is 12.1 Å². The topological polar surface area (TPSA) is 86.2 Å². The van der Waals surface area contributed by atoms with E-state index >= 15 is 0 Å². The highest BCUT2D eigenvalue weighted by molar-refractivity contribution is 9.10. The van der Waals surface area contributed by atoms with Crippen LogP contribution in [0.4, 0.5) is 5.69 Å². The van der Waals surface area contributed by atoms with Crippen LogP contribution in [0.1, 0.15) is 5.56 Å². The van der Waals surface area contributed by atoms with E-state index in [1.807, 2.05) is 0 Å². The summed E-state index contributed by atoms with van der Waals surface area (Å²) >= 11 is 3.11. The van der Waals surface area contributed by atoms with Gasteiger partial charge in [0.25, 0.3) is 5.69 Å². The van der Waals surface area contributed by atoms with Gasteiger partial charge in [-0.1, -0.05) is 6.07 Å². The molecule has 0 unspecified atom stereocenters. The van der Waals surface area contributed by atoms with Crippen LogP contribution in [0.3, 0.4) is 0 Å². The first-order chi connectivity index (χ1) is 8.16. The van der Waals surface area contributed by atoms with Crippen molar-refractivity contribution in [2.45, 2.75) is 0 Å². The van der Waals surface area contributed by atoms with Gasteiger partial charge in [0.2, 0.25) is 0 Å². The van der Waals surface area contributed by atoms with Crippen LogP contribution in [-0.4, -0.2) is 26.0 Å². The fourth-order valence-corrected chi connectivity index (χ4v) is 1.53. The van der Waals surface area contributed by atoms with Crippen LogP contribution in [-0.2, 0) is 0 Å². The van der Waals surface area contributed by atoms with E-state index in [9.17, 15) is 10.1 Å². The van der Waals surface area contributed by atoms with Crippen LogP contribution >= 0.6 is 15.9 Å². The predicted octanol–water partition coefficient (Wildman–Crippen LogP) is 1.83. The molecule has 8 heteroatoms. The molecule has 17 heavy (non-hydrogen) atoms. The molecule has 86 valence electrons. The number of aromatic nitrogens is 3. The van der Waals surface area contributed by atoms with Gasteiger partial charge in [-0.25, -0.2) is 4.68 Å². The van der Waals surface area contributed by atoms with E-state index < -0.39 is 4.92 Å². The minimum atomic E-state index is -0.458. The van der Waals surface area contributed by atoms with Gasteiger partial charge in [0, 0.05) is 11.6 Å². The Morgan fingerprint density at radius 1 is 1.41 bits per heavy atom. The minimum absolute atomic E-state index is 0.00212. The molecular weight excluding hydrogens is 290 g/mol. The molecule has 0 aliphatic heterocycles. The van der Waals surface area contributed by atoms with Crippen molar-refractivity contribution in [1.82, 2.24) is 14.9 Å². The standard InChI is InChI=1S/C9H6BrN5O2/c10-8-2-1-7(3-9(8)15(16)17)4-13-14-5-11-12-6-14/h1-6H. The molecule has 7 nitrogen and oxygen atoms in total. The normalized spacial score (nSPS) is 10.9. The smallest absolute Gasteiger partial charge is 0.258 e. The SMILES string of the molecule is O=[N+]([O-])c1cc(C=Nn2cnnc2)ccc1Br. The summed E-state index contributed by atoms with van der Waals surface area (Å²) in [6.45, 7) is 0. The Balaban J connectivity index is 2.28. The Bertz CT molecular complexity index is 567. The predicted molar refractivity (Wildman–Crippen MR) is 63.8 cm³/mol. The largest absolute Gasteiger partial charge is 0.284 e. The summed E-state index contributed by atoms with van der Waals surface area (Å²) in [6, 6.07) is 4.74. The van der Waals surface area contributed by atoms with Crippen molar-refractivity contribution in [1.29, 1.82) is 0 Å². The first-order valence-electron chi connectivity index (χ1n) is 4.50. The monoisotopic (exact) mass is 295 g/mol. The second kappa shape index (κ2) is 4.83. The number of halogens is 1. The molecule has 0 N–H and O–H groups in total. The molecule has 0 amide bonds. The lowest BCUT2D eigenvalue weighted by Gasteiger charge is -1.97. The lowest BCUT2D eigenvalue weighted by atomic mass is 10.2. The highest BCUT2D eigenvalue weighted by Gasteiger charge is 2.11. The Morgan fingerprint density at radius 2 is 2.12 bits per heavy atom. The van der Waals surface area contributed by atoms with E-state index in [2.05, 4.69) is 31.2 Å². The van der Waals surface area contributed by atoms with Gasteiger partial charge >= 0.3 is 0 Å². The van der Waals surface area contributed by atoms with E-state index in [1.165, 1.54) is 29.6 Å². The van der Waals surface area contributed by atoms with Gasteiger partial charge in [-0.15, -0.1) is 10.2 Å². The van der Waals surface area contributed by atoms with Gasteiger partial charge in [0.1, 0.15) is 12.7 Å². The molecule has 0 saturated heterocycles. The average molecular weight is 296 g/mol. The number of rotatable bonds is 3. The van der Waals surface area contributed by atoms with Crippen molar-refractivity contribution in [3.63, 3.8) is 0 Å². The zero-order chi connectivity index (χ0) is 12.3. The molecule has 0 aliphatic rings. The molecule has 1 heterocycles. The van der Waals surface area contributed by atoms with Crippen molar-refractivity contribution in [3.8, 4) is 0 Å². The number of benzene rings is 1. The van der Waals surface area contributed by atoms with Gasteiger partial charge in [0.05, 0.1) is 15.6 Å². The van der Waals surface area contributed by atoms with Gasteiger partial charge in [-0.2, -0.15) is 5.10 Å². The summed E-state index contributed by atoms with van der Waals surface area (Å²) in [5.74, 6) is 0. The number of nitro groups is 1. The first-order valence-corrected chi connectivity index (χ1v) is 5.29. The van der Waals surface area contributed by atoms with Gasteiger partial charge in [0.15, 0.2) is 0 Å². The third-order valence-electron chi connectivity index (χ3n) is 1.91. The van der Waals surface area contributed by atoms with Crippen LogP contribution < -0.4 is 0 Å². The van der Waals surface area contributed by atoms with E-state index in [0.717, 1.165) is 0 Å². The lowest BCUT2D eigenvalue weighted by Crippen LogP contribution is -1.92. The van der Waals surface area contributed by atoms with Crippen molar-refractivity contribution in [2.75, 3.05) is 0 Å². The highest BCUT2D eigenvalue weighted by Crippen LogP contribution is 2.24. The molecule has 2 aromatic rings. The number of hydrogen-bond acceptors (Lipinski definition) is 5. The summed E-state index contributed by atoms with van der Waals surface area (Å²) in [7, 11) is 0. The second-order valence-corrected chi connectivity index (χ2v) is 3.91.